The summed E-state index contributed by atoms with van der Waals surface area (Å²) < 4.78 is 4.08. The topological polar surface area (TPSA) is 36.4 Å². The van der Waals surface area contributed by atoms with Gasteiger partial charge in [-0.3, -0.25) is 4.99 Å². The normalized spacial score (nSPS) is 33.8. The molecule has 5 heteroatoms. The number of benzene rings is 1. The third-order valence-corrected chi connectivity index (χ3v) is 9.41. The number of allylic oxidation sites excluding steroid dienone is 1. The number of halogens is 1. The molecule has 168 valence electrons. The number of aliphatic imine (C=N–C) groups is 1. The standard InChI is InChI=1S/C26H36ClN3S/c1-17(30-31-24(2,3)4)25(5)13-14-26(25,6)22-19(18-10-8-7-9-11-18)16-20-21(29-22)12-15-28-23(20)27/h7-12,15,17,19,23,28,30H,13-14,16H2,1-6H3/p+1/t17?,19?,23?,25?,26-/m0/s1. The van der Waals surface area contributed by atoms with Crippen molar-refractivity contribution in [2.75, 3.05) is 0 Å². The summed E-state index contributed by atoms with van der Waals surface area (Å²) in [6, 6.07) is 11.3. The third kappa shape index (κ3) is 4.12. The van der Waals surface area contributed by atoms with Crippen LogP contribution in [-0.2, 0) is 11.9 Å². The average molecular weight is 459 g/mol. The zero-order chi connectivity index (χ0) is 22.4. The minimum Gasteiger partial charge on any atom is -0.372 e. The molecular formula is C26H37ClN3S+. The molecular weight excluding hydrogens is 422 g/mol. The molecule has 1 aromatic rings. The Bertz CT molecular complexity index is 916. The van der Waals surface area contributed by atoms with Crippen molar-refractivity contribution in [1.82, 2.24) is 10.0 Å². The van der Waals surface area contributed by atoms with Crippen molar-refractivity contribution in [2.45, 2.75) is 83.0 Å². The summed E-state index contributed by atoms with van der Waals surface area (Å²) in [7, 11) is 0. The van der Waals surface area contributed by atoms with E-state index in [0.717, 1.165) is 12.1 Å². The van der Waals surface area contributed by atoms with E-state index in [-0.39, 0.29) is 27.0 Å². The minimum absolute atomic E-state index is 0.0480. The highest BCUT2D eigenvalue weighted by molar-refractivity contribution is 7.77. The Kier molecular flexibility index (Phi) is 6.13. The van der Waals surface area contributed by atoms with Crippen LogP contribution in [0.3, 0.4) is 0 Å². The Balaban J connectivity index is 1.72. The smallest absolute Gasteiger partial charge is 0.136 e. The maximum Gasteiger partial charge on any atom is 0.136 e. The first kappa shape index (κ1) is 22.9. The predicted octanol–water partition coefficient (Wildman–Crippen LogP) is 5.86. The molecule has 1 saturated carbocycles. The van der Waals surface area contributed by atoms with Gasteiger partial charge in [-0.15, -0.1) is 4.72 Å². The number of alkyl halides is 1. The van der Waals surface area contributed by atoms with E-state index in [1.807, 2.05) is 6.20 Å². The number of dihydropyridines is 1. The third-order valence-electron chi connectivity index (χ3n) is 7.84. The van der Waals surface area contributed by atoms with Gasteiger partial charge >= 0.3 is 0 Å². The summed E-state index contributed by atoms with van der Waals surface area (Å²) in [6.45, 7) is 14.1. The highest BCUT2D eigenvalue weighted by Crippen LogP contribution is 2.62. The minimum atomic E-state index is -0.178. The summed E-state index contributed by atoms with van der Waals surface area (Å²) >= 11 is 7.94. The molecule has 2 aliphatic heterocycles. The zero-order valence-corrected chi connectivity index (χ0v) is 21.3. The van der Waals surface area contributed by atoms with Gasteiger partial charge in [0.2, 0.25) is 0 Å². The van der Waals surface area contributed by atoms with E-state index < -0.39 is 0 Å². The van der Waals surface area contributed by atoms with Crippen LogP contribution >= 0.6 is 11.6 Å². The lowest BCUT2D eigenvalue weighted by Crippen LogP contribution is -2.62. The summed E-state index contributed by atoms with van der Waals surface area (Å²) in [5.41, 5.74) is 4.98. The molecule has 3 aliphatic rings. The highest BCUT2D eigenvalue weighted by atomic mass is 35.5. The zero-order valence-electron chi connectivity index (χ0n) is 19.7. The SMILES string of the molecule is CC(N[SH+]C(C)(C)C)C1(C)CC[C@@]1(C)C1=NC2=C(CC1c1ccccc1)C(Cl)NC=C2. The molecule has 2 heterocycles. The van der Waals surface area contributed by atoms with Gasteiger partial charge in [-0.05, 0) is 75.8 Å². The van der Waals surface area contributed by atoms with Crippen LogP contribution in [0.15, 0.2) is 58.9 Å². The Hall–Kier alpha value is -1.23. The van der Waals surface area contributed by atoms with Crippen molar-refractivity contribution in [3.8, 4) is 0 Å². The van der Waals surface area contributed by atoms with E-state index in [1.54, 1.807) is 0 Å². The van der Waals surface area contributed by atoms with Crippen molar-refractivity contribution in [3.05, 3.63) is 59.4 Å². The number of nitrogens with zero attached hydrogens (tertiary/aromatic N) is 1. The summed E-state index contributed by atoms with van der Waals surface area (Å²) in [6.07, 6.45) is 7.36. The fourth-order valence-corrected chi connectivity index (χ4v) is 6.44. The molecule has 3 nitrogen and oxygen atoms in total. The summed E-state index contributed by atoms with van der Waals surface area (Å²) in [5.74, 6) is 0.270. The van der Waals surface area contributed by atoms with Gasteiger partial charge in [0.25, 0.3) is 0 Å². The molecule has 0 saturated heterocycles. The van der Waals surface area contributed by atoms with Gasteiger partial charge in [-0.25, -0.2) is 0 Å². The molecule has 0 bridgehead atoms. The number of hydrogen-bond acceptors (Lipinski definition) is 3. The first-order chi connectivity index (χ1) is 14.6. The second-order valence-corrected chi connectivity index (χ2v) is 13.1. The molecule has 1 aromatic carbocycles. The molecule has 4 rings (SSSR count). The van der Waals surface area contributed by atoms with Crippen LogP contribution in [-0.4, -0.2) is 22.0 Å². The van der Waals surface area contributed by atoms with E-state index in [4.69, 9.17) is 16.6 Å². The fourth-order valence-electron chi connectivity index (χ4n) is 5.30. The molecule has 5 atom stereocenters. The van der Waals surface area contributed by atoms with E-state index in [1.165, 1.54) is 41.6 Å². The Morgan fingerprint density at radius 2 is 1.90 bits per heavy atom. The molecule has 1 fully saturated rings. The maximum absolute atomic E-state index is 6.64. The van der Waals surface area contributed by atoms with Crippen LogP contribution in [0.1, 0.15) is 72.3 Å². The number of hydrogen-bond donors (Lipinski definition) is 2. The number of thiol groups is 1. The molecule has 0 aromatic heterocycles. The summed E-state index contributed by atoms with van der Waals surface area (Å²) in [5, 5.41) is 3.25. The van der Waals surface area contributed by atoms with Gasteiger partial charge in [0.05, 0.1) is 23.7 Å². The number of rotatable bonds is 5. The van der Waals surface area contributed by atoms with Gasteiger partial charge in [0, 0.05) is 17.0 Å². The van der Waals surface area contributed by atoms with Gasteiger partial charge < -0.3 is 5.32 Å². The van der Waals surface area contributed by atoms with E-state index in [0.29, 0.717) is 6.04 Å². The lowest BCUT2D eigenvalue weighted by Gasteiger charge is -2.60. The molecule has 0 spiro atoms. The highest BCUT2D eigenvalue weighted by Gasteiger charge is 2.60. The lowest BCUT2D eigenvalue weighted by molar-refractivity contribution is -0.0161. The molecule has 0 amide bonds. The van der Waals surface area contributed by atoms with Crippen LogP contribution in [0.4, 0.5) is 0 Å². The second kappa shape index (κ2) is 8.28. The van der Waals surface area contributed by atoms with Crippen LogP contribution in [0.2, 0.25) is 0 Å². The largest absolute Gasteiger partial charge is 0.372 e. The van der Waals surface area contributed by atoms with Gasteiger partial charge in [0.1, 0.15) is 10.2 Å². The van der Waals surface area contributed by atoms with Crippen LogP contribution < -0.4 is 10.0 Å². The number of nitrogens with one attached hydrogen (secondary N) is 2. The second-order valence-electron chi connectivity index (χ2n) is 10.8. The van der Waals surface area contributed by atoms with Crippen LogP contribution in [0, 0.1) is 10.8 Å². The fraction of sp³-hybridized carbons (Fsp3) is 0.577. The quantitative estimate of drug-likeness (QED) is 0.251. The van der Waals surface area contributed by atoms with Crippen molar-refractivity contribution in [1.29, 1.82) is 0 Å². The molecule has 31 heavy (non-hydrogen) atoms. The van der Waals surface area contributed by atoms with Crippen LogP contribution in [0.25, 0.3) is 0 Å². The van der Waals surface area contributed by atoms with Gasteiger partial charge in [0.15, 0.2) is 0 Å². The van der Waals surface area contributed by atoms with E-state index in [9.17, 15) is 0 Å². The molecule has 4 unspecified atom stereocenters. The first-order valence-electron chi connectivity index (χ1n) is 11.5. The van der Waals surface area contributed by atoms with Crippen molar-refractivity contribution in [3.63, 3.8) is 0 Å². The van der Waals surface area contributed by atoms with E-state index >= 15 is 0 Å². The molecule has 2 N–H and O–H groups in total. The first-order valence-corrected chi connectivity index (χ1v) is 12.8. The van der Waals surface area contributed by atoms with Crippen molar-refractivity contribution < 1.29 is 0 Å². The Labute approximate surface area is 197 Å². The lowest BCUT2D eigenvalue weighted by atomic mass is 9.45. The van der Waals surface area contributed by atoms with Crippen LogP contribution in [0.5, 0.6) is 0 Å². The van der Waals surface area contributed by atoms with E-state index in [2.05, 4.69) is 88.0 Å². The van der Waals surface area contributed by atoms with Crippen molar-refractivity contribution in [2.24, 2.45) is 15.8 Å². The predicted molar refractivity (Wildman–Crippen MR) is 137 cm³/mol. The summed E-state index contributed by atoms with van der Waals surface area (Å²) in [4.78, 5) is 5.35. The van der Waals surface area contributed by atoms with Crippen molar-refractivity contribution >= 4 is 29.3 Å². The molecule has 1 aliphatic carbocycles. The molecule has 0 radical (unpaired) electrons. The van der Waals surface area contributed by atoms with Gasteiger partial charge in [-0.2, -0.15) is 0 Å². The average Bonchev–Trinajstić information content (AvgIpc) is 2.75. The Morgan fingerprint density at radius 3 is 2.52 bits per heavy atom. The Morgan fingerprint density at radius 1 is 1.19 bits per heavy atom. The maximum atomic E-state index is 6.64. The monoisotopic (exact) mass is 458 g/mol. The van der Waals surface area contributed by atoms with Gasteiger partial charge in [-0.1, -0.05) is 55.8 Å².